The zero-order chi connectivity index (χ0) is 2.71. The second kappa shape index (κ2) is 18.7. The molecule has 5 heavy (non-hydrogen) atoms. The van der Waals surface area contributed by atoms with Gasteiger partial charge in [-0.05, 0) is 0 Å². The Kier molecular flexibility index (Phi) is 61.1. The Hall–Kier alpha value is 1.25. The quantitative estimate of drug-likeness (QED) is 0.260. The van der Waals surface area contributed by atoms with Crippen molar-refractivity contribution < 1.29 is 41.0 Å². The average Bonchev–Trinajstić information content (AvgIpc) is 0.918. The third-order valence-corrected chi connectivity index (χ3v) is 0. The summed E-state index contributed by atoms with van der Waals surface area (Å²) < 4.78 is 0. The van der Waals surface area contributed by atoms with Crippen molar-refractivity contribution in [2.24, 2.45) is 0 Å². The minimum Gasteiger partial charge on any atom is -1.00 e. The molecule has 0 aliphatic rings. The summed E-state index contributed by atoms with van der Waals surface area (Å²) in [6.07, 6.45) is 2.00. The molecule has 0 amide bonds. The first-order valence-electron chi connectivity index (χ1n) is 1.15. The normalized spacial score (nSPS) is 3.60. The van der Waals surface area contributed by atoms with Crippen LogP contribution in [0, 0.1) is 6.42 Å². The van der Waals surface area contributed by atoms with Gasteiger partial charge in [0.1, 0.15) is 0 Å². The van der Waals surface area contributed by atoms with E-state index >= 15 is 0 Å². The van der Waals surface area contributed by atoms with Gasteiger partial charge in [0.15, 0.2) is 0 Å². The van der Waals surface area contributed by atoms with Gasteiger partial charge in [-0.15, -0.1) is 0 Å². The van der Waals surface area contributed by atoms with Crippen molar-refractivity contribution in [3.63, 3.8) is 0 Å². The van der Waals surface area contributed by atoms with Gasteiger partial charge in [0.05, 0.1) is 0 Å². The van der Waals surface area contributed by atoms with Crippen LogP contribution < -0.4 is 24.0 Å². The summed E-state index contributed by atoms with van der Waals surface area (Å²) in [7, 11) is 0. The molecular weight excluding hydrogens is 218 g/mol. The van der Waals surface area contributed by atoms with E-state index in [0.29, 0.717) is 0 Å². The van der Waals surface area contributed by atoms with Crippen molar-refractivity contribution in [3.05, 3.63) is 6.42 Å². The number of halogens is 1. The molecule has 0 rings (SSSR count). The van der Waals surface area contributed by atoms with Crippen molar-refractivity contribution >= 4 is 0 Å². The molecule has 0 N–H and O–H groups in total. The minimum absolute atomic E-state index is 0. The van der Waals surface area contributed by atoms with E-state index in [-0.39, 0.29) is 41.0 Å². The molecule has 0 unspecified atom stereocenters. The van der Waals surface area contributed by atoms with Crippen molar-refractivity contribution in [2.75, 3.05) is 0 Å². The monoisotopic (exact) mass is 225 g/mol. The van der Waals surface area contributed by atoms with E-state index < -0.39 is 0 Å². The van der Waals surface area contributed by atoms with Crippen LogP contribution in [-0.2, 0) is 17.1 Å². The summed E-state index contributed by atoms with van der Waals surface area (Å²) in [5.74, 6) is 0. The smallest absolute Gasteiger partial charge is 1.00 e. The first-order valence-corrected chi connectivity index (χ1v) is 1.15. The van der Waals surface area contributed by atoms with E-state index in [1.165, 1.54) is 0 Å². The second-order valence-electron chi connectivity index (χ2n) is 0.577. The van der Waals surface area contributed by atoms with Gasteiger partial charge in [0.2, 0.25) is 0 Å². The fourth-order valence-electron chi connectivity index (χ4n) is 0. The Labute approximate surface area is 61.2 Å². The second-order valence-corrected chi connectivity index (χ2v) is 0.577. The van der Waals surface area contributed by atoms with Gasteiger partial charge in [-0.2, -0.15) is 13.8 Å². The third-order valence-electron chi connectivity index (χ3n) is 0. The SMILES string of the molecule is C[CH-]C.[I-].[Mn+2]. The molecule has 1 radical (unpaired) electrons. The molecule has 0 fully saturated rings. The fourth-order valence-corrected chi connectivity index (χ4v) is 0. The molecule has 0 aliphatic heterocycles. The van der Waals surface area contributed by atoms with Crippen LogP contribution in [0.4, 0.5) is 0 Å². The van der Waals surface area contributed by atoms with E-state index in [1.807, 2.05) is 20.3 Å². The third kappa shape index (κ3) is 35.5. The molecule has 0 bridgehead atoms. The Morgan fingerprint density at radius 1 is 1.20 bits per heavy atom. The van der Waals surface area contributed by atoms with Crippen LogP contribution in [0.3, 0.4) is 0 Å². The molecule has 0 heterocycles. The van der Waals surface area contributed by atoms with Crippen molar-refractivity contribution in [2.45, 2.75) is 13.8 Å². The summed E-state index contributed by atoms with van der Waals surface area (Å²) in [5.41, 5.74) is 0. The molecule has 2 heteroatoms. The van der Waals surface area contributed by atoms with Crippen LogP contribution in [-0.4, -0.2) is 0 Å². The van der Waals surface area contributed by atoms with E-state index in [2.05, 4.69) is 0 Å². The number of hydrogen-bond acceptors (Lipinski definition) is 0. The van der Waals surface area contributed by atoms with E-state index in [1.54, 1.807) is 0 Å². The maximum atomic E-state index is 2.00. The van der Waals surface area contributed by atoms with Gasteiger partial charge in [-0.25, -0.2) is 0 Å². The van der Waals surface area contributed by atoms with Crippen molar-refractivity contribution in [3.8, 4) is 0 Å². The van der Waals surface area contributed by atoms with Gasteiger partial charge >= 0.3 is 17.1 Å². The zero-order valence-corrected chi connectivity index (χ0v) is 6.67. The Balaban J connectivity index is -0.0000000200. The first kappa shape index (κ1) is 16.3. The first-order chi connectivity index (χ1) is 1.41. The predicted molar refractivity (Wildman–Crippen MR) is 15.6 cm³/mol. The van der Waals surface area contributed by atoms with E-state index in [0.717, 1.165) is 0 Å². The van der Waals surface area contributed by atoms with Gasteiger partial charge in [0, 0.05) is 0 Å². The summed E-state index contributed by atoms with van der Waals surface area (Å²) >= 11 is 0. The molecule has 0 aromatic rings. The van der Waals surface area contributed by atoms with Gasteiger partial charge < -0.3 is 30.4 Å². The van der Waals surface area contributed by atoms with Gasteiger partial charge in [-0.1, -0.05) is 0 Å². The standard InChI is InChI=1S/C3H7.HI.Mn/c1-3-2;;/h3H,1-2H3;1H;/q-1;;+2/p-1. The molecule has 0 nitrogen and oxygen atoms in total. The van der Waals surface area contributed by atoms with Gasteiger partial charge in [0.25, 0.3) is 0 Å². The van der Waals surface area contributed by atoms with Gasteiger partial charge in [-0.3, -0.25) is 0 Å². The van der Waals surface area contributed by atoms with Crippen molar-refractivity contribution in [1.29, 1.82) is 0 Å². The van der Waals surface area contributed by atoms with E-state index in [4.69, 9.17) is 0 Å². The average molecular weight is 225 g/mol. The Bertz CT molecular complexity index is 6.85. The minimum atomic E-state index is 0. The summed E-state index contributed by atoms with van der Waals surface area (Å²) in [5, 5.41) is 0. The fraction of sp³-hybridized carbons (Fsp3) is 0.667. The molecule has 0 saturated carbocycles. The van der Waals surface area contributed by atoms with Crippen LogP contribution in [0.2, 0.25) is 0 Å². The Morgan fingerprint density at radius 3 is 1.20 bits per heavy atom. The molecule has 0 aromatic carbocycles. The summed E-state index contributed by atoms with van der Waals surface area (Å²) in [6.45, 7) is 4.00. The van der Waals surface area contributed by atoms with Crippen LogP contribution >= 0.6 is 0 Å². The molecule has 0 spiro atoms. The van der Waals surface area contributed by atoms with Crippen LogP contribution in [0.25, 0.3) is 0 Å². The Morgan fingerprint density at radius 2 is 1.20 bits per heavy atom. The van der Waals surface area contributed by atoms with E-state index in [9.17, 15) is 0 Å². The molecule has 0 aliphatic carbocycles. The molecule has 0 saturated heterocycles. The molecule has 0 aromatic heterocycles. The molecule has 0 atom stereocenters. The number of hydrogen-bond donors (Lipinski definition) is 0. The summed E-state index contributed by atoms with van der Waals surface area (Å²) in [6, 6.07) is 0. The zero-order valence-electron chi connectivity index (χ0n) is 3.33. The van der Waals surface area contributed by atoms with Crippen molar-refractivity contribution in [1.82, 2.24) is 0 Å². The summed E-state index contributed by atoms with van der Waals surface area (Å²) in [4.78, 5) is 0. The predicted octanol–water partition coefficient (Wildman–Crippen LogP) is -1.77. The maximum Gasteiger partial charge on any atom is 2.00 e. The molecule has 33 valence electrons. The number of rotatable bonds is 0. The van der Waals surface area contributed by atoms with Crippen LogP contribution in [0.1, 0.15) is 13.8 Å². The largest absolute Gasteiger partial charge is 2.00 e. The maximum absolute atomic E-state index is 2.00. The topological polar surface area (TPSA) is 0 Å². The van der Waals surface area contributed by atoms with Crippen LogP contribution in [0.5, 0.6) is 0 Å². The van der Waals surface area contributed by atoms with Crippen LogP contribution in [0.15, 0.2) is 0 Å². The molecular formula is C3H7IMn.